The van der Waals surface area contributed by atoms with Crippen LogP contribution in [-0.2, 0) is 10.1 Å². The van der Waals surface area contributed by atoms with Crippen LogP contribution in [-0.4, -0.2) is 29.4 Å². The van der Waals surface area contributed by atoms with Crippen molar-refractivity contribution in [3.63, 3.8) is 0 Å². The van der Waals surface area contributed by atoms with E-state index in [1.54, 1.807) is 0 Å². The van der Waals surface area contributed by atoms with Crippen molar-refractivity contribution in [3.8, 4) is 0 Å². The van der Waals surface area contributed by atoms with Crippen LogP contribution in [0.25, 0.3) is 0 Å². The van der Waals surface area contributed by atoms with Gasteiger partial charge < -0.3 is 9.66 Å². The van der Waals surface area contributed by atoms with Crippen LogP contribution in [0.4, 0.5) is 0 Å². The minimum atomic E-state index is -4.20. The molecule has 164 valence electrons. The Kier molecular flexibility index (Phi) is 23.4. The van der Waals surface area contributed by atoms with Gasteiger partial charge in [0.25, 0.3) is 0 Å². The Morgan fingerprint density at radius 1 is 0.643 bits per heavy atom. The van der Waals surface area contributed by atoms with Crippen molar-refractivity contribution >= 4 is 10.1 Å². The minimum absolute atomic E-state index is 0. The Morgan fingerprint density at radius 3 is 1.39 bits per heavy atom. The van der Waals surface area contributed by atoms with E-state index in [1.807, 2.05) is 0 Å². The zero-order chi connectivity index (χ0) is 20.4. The second-order valence-electron chi connectivity index (χ2n) is 8.17. The van der Waals surface area contributed by atoms with Crippen LogP contribution < -0.4 is 29.6 Å². The van der Waals surface area contributed by atoms with Crippen LogP contribution in [0.1, 0.15) is 129 Å². The standard InChI is InChI=1S/C22H46O4S.Na/c1-3-5-7-9-11-13-17-21(23)18-15-16-20-22(27(24,25)26)19-14-12-10-8-6-4-2;/h21-23H,3-20H2,1-2H3,(H,24,25,26);/q;+1/p-1. The minimum Gasteiger partial charge on any atom is -0.748 e. The molecule has 0 saturated carbocycles. The molecule has 0 heterocycles. The van der Waals surface area contributed by atoms with E-state index in [1.165, 1.54) is 51.4 Å². The maximum atomic E-state index is 11.5. The Balaban J connectivity index is 0. The first-order chi connectivity index (χ1) is 12.9. The van der Waals surface area contributed by atoms with Gasteiger partial charge in [-0.15, -0.1) is 0 Å². The van der Waals surface area contributed by atoms with E-state index in [9.17, 15) is 18.1 Å². The molecule has 1 N–H and O–H groups in total. The first kappa shape index (κ1) is 31.1. The molecule has 0 fully saturated rings. The summed E-state index contributed by atoms with van der Waals surface area (Å²) in [6.45, 7) is 4.38. The van der Waals surface area contributed by atoms with Crippen LogP contribution in [0.5, 0.6) is 0 Å². The molecule has 0 amide bonds. The third-order valence-electron chi connectivity index (χ3n) is 5.49. The second kappa shape index (κ2) is 21.1. The van der Waals surface area contributed by atoms with Crippen LogP contribution in [0, 0.1) is 0 Å². The summed E-state index contributed by atoms with van der Waals surface area (Å²) < 4.78 is 34.4. The first-order valence-corrected chi connectivity index (χ1v) is 13.0. The third kappa shape index (κ3) is 20.2. The molecule has 0 aromatic heterocycles. The van der Waals surface area contributed by atoms with Gasteiger partial charge in [-0.25, -0.2) is 8.42 Å². The first-order valence-electron chi connectivity index (χ1n) is 11.5. The van der Waals surface area contributed by atoms with E-state index >= 15 is 0 Å². The Morgan fingerprint density at radius 2 is 0.964 bits per heavy atom. The number of unbranched alkanes of at least 4 members (excludes halogenated alkanes) is 11. The van der Waals surface area contributed by atoms with E-state index in [4.69, 9.17) is 0 Å². The Labute approximate surface area is 197 Å². The number of aliphatic hydroxyl groups is 1. The van der Waals surface area contributed by atoms with Crippen molar-refractivity contribution in [1.82, 2.24) is 0 Å². The van der Waals surface area contributed by atoms with Gasteiger partial charge in [-0.05, 0) is 25.7 Å². The summed E-state index contributed by atoms with van der Waals surface area (Å²) in [4.78, 5) is 0. The topological polar surface area (TPSA) is 77.4 Å². The van der Waals surface area contributed by atoms with Crippen molar-refractivity contribution in [2.75, 3.05) is 0 Å². The molecule has 6 heteroatoms. The van der Waals surface area contributed by atoms with Gasteiger partial charge in [0, 0.05) is 5.25 Å². The fourth-order valence-electron chi connectivity index (χ4n) is 3.64. The summed E-state index contributed by atoms with van der Waals surface area (Å²) in [7, 11) is -4.20. The smallest absolute Gasteiger partial charge is 0.748 e. The summed E-state index contributed by atoms with van der Waals surface area (Å²) in [5, 5.41) is 9.30. The Hall–Kier alpha value is 0.870. The molecular weight excluding hydrogens is 383 g/mol. The molecule has 0 saturated heterocycles. The fraction of sp³-hybridized carbons (Fsp3) is 1.00. The number of aliphatic hydroxyl groups excluding tert-OH is 1. The molecule has 4 nitrogen and oxygen atoms in total. The number of hydrogen-bond acceptors (Lipinski definition) is 4. The quantitative estimate of drug-likeness (QED) is 0.183. The predicted octanol–water partition coefficient (Wildman–Crippen LogP) is 3.33. The van der Waals surface area contributed by atoms with Crippen LogP contribution in [0.15, 0.2) is 0 Å². The van der Waals surface area contributed by atoms with Gasteiger partial charge >= 0.3 is 29.6 Å². The molecule has 0 aromatic carbocycles. The summed E-state index contributed by atoms with van der Waals surface area (Å²) in [6.07, 6.45) is 17.7. The number of rotatable bonds is 20. The normalized spacial score (nSPS) is 13.9. The average molecular weight is 429 g/mol. The van der Waals surface area contributed by atoms with Gasteiger partial charge in [0.15, 0.2) is 0 Å². The fourth-order valence-corrected chi connectivity index (χ4v) is 4.55. The molecule has 2 atom stereocenters. The molecule has 0 rings (SSSR count). The van der Waals surface area contributed by atoms with Crippen LogP contribution in [0.3, 0.4) is 0 Å². The predicted molar refractivity (Wildman–Crippen MR) is 114 cm³/mol. The summed E-state index contributed by atoms with van der Waals surface area (Å²) in [5.41, 5.74) is 0. The largest absolute Gasteiger partial charge is 1.00 e. The van der Waals surface area contributed by atoms with Gasteiger partial charge in [0.05, 0.1) is 16.2 Å². The molecule has 0 aromatic rings. The molecule has 0 aliphatic rings. The van der Waals surface area contributed by atoms with Crippen molar-refractivity contribution in [1.29, 1.82) is 0 Å². The molecule has 0 radical (unpaired) electrons. The van der Waals surface area contributed by atoms with E-state index in [2.05, 4.69) is 13.8 Å². The van der Waals surface area contributed by atoms with Crippen molar-refractivity contribution in [3.05, 3.63) is 0 Å². The maximum Gasteiger partial charge on any atom is 1.00 e. The van der Waals surface area contributed by atoms with Gasteiger partial charge in [0.2, 0.25) is 0 Å². The average Bonchev–Trinajstić information content (AvgIpc) is 2.61. The van der Waals surface area contributed by atoms with Crippen LogP contribution in [0.2, 0.25) is 0 Å². The zero-order valence-electron chi connectivity index (χ0n) is 19.0. The zero-order valence-corrected chi connectivity index (χ0v) is 21.8. The molecule has 0 bridgehead atoms. The van der Waals surface area contributed by atoms with E-state index in [-0.39, 0.29) is 35.7 Å². The van der Waals surface area contributed by atoms with Gasteiger partial charge in [-0.2, -0.15) is 0 Å². The van der Waals surface area contributed by atoms with E-state index in [0.717, 1.165) is 51.4 Å². The molecule has 0 aliphatic heterocycles. The molecule has 0 spiro atoms. The van der Waals surface area contributed by atoms with Gasteiger partial charge in [-0.3, -0.25) is 0 Å². The monoisotopic (exact) mass is 428 g/mol. The molecule has 2 unspecified atom stereocenters. The van der Waals surface area contributed by atoms with Gasteiger partial charge in [0.1, 0.15) is 0 Å². The molecular formula is C22H45NaO4S. The third-order valence-corrected chi connectivity index (χ3v) is 6.78. The molecule has 0 aliphatic carbocycles. The van der Waals surface area contributed by atoms with Crippen molar-refractivity contribution in [2.24, 2.45) is 0 Å². The SMILES string of the molecule is CCCCCCCCC(O)CCCCC(CCCCCCCC)S(=O)(=O)[O-].[Na+]. The number of hydrogen-bond donors (Lipinski definition) is 1. The van der Waals surface area contributed by atoms with Gasteiger partial charge in [-0.1, -0.05) is 104 Å². The van der Waals surface area contributed by atoms with E-state index in [0.29, 0.717) is 12.8 Å². The Bertz CT molecular complexity index is 415. The van der Waals surface area contributed by atoms with Crippen molar-refractivity contribution in [2.45, 2.75) is 141 Å². The van der Waals surface area contributed by atoms with Crippen molar-refractivity contribution < 1.29 is 47.6 Å². The maximum absolute atomic E-state index is 11.5. The summed E-state index contributed by atoms with van der Waals surface area (Å²) in [5.74, 6) is 0. The summed E-state index contributed by atoms with van der Waals surface area (Å²) >= 11 is 0. The van der Waals surface area contributed by atoms with Crippen LogP contribution >= 0.6 is 0 Å². The summed E-state index contributed by atoms with van der Waals surface area (Å²) in [6, 6.07) is 0. The molecule has 28 heavy (non-hydrogen) atoms. The van der Waals surface area contributed by atoms with E-state index < -0.39 is 15.4 Å². The second-order valence-corrected chi connectivity index (χ2v) is 9.82.